The minimum absolute atomic E-state index is 0.00912. The van der Waals surface area contributed by atoms with Gasteiger partial charge in [-0.15, -0.1) is 6.42 Å². The van der Waals surface area contributed by atoms with Crippen LogP contribution in [-0.2, 0) is 6.42 Å². The van der Waals surface area contributed by atoms with Crippen LogP contribution in [0.4, 0.5) is 14.6 Å². The third kappa shape index (κ3) is 4.86. The summed E-state index contributed by atoms with van der Waals surface area (Å²) in [5.41, 5.74) is 2.52. The summed E-state index contributed by atoms with van der Waals surface area (Å²) in [6.07, 6.45) is 14.4. The van der Waals surface area contributed by atoms with Gasteiger partial charge in [-0.2, -0.15) is 4.98 Å². The molecule has 8 nitrogen and oxygen atoms in total. The van der Waals surface area contributed by atoms with Gasteiger partial charge in [0.25, 0.3) is 0 Å². The first-order valence-electron chi connectivity index (χ1n) is 15.7. The molecule has 8 rings (SSSR count). The van der Waals surface area contributed by atoms with Crippen LogP contribution in [-0.4, -0.2) is 73.9 Å². The number of rotatable bonds is 7. The normalized spacial score (nSPS) is 22.6. The number of terminal acetylenes is 1. The fourth-order valence-electron chi connectivity index (χ4n) is 7.56. The SMILES string of the molecule is C#Cc1c(F)ccc2cc(O)cc(-c3cc4nc(OC[C@@]56CCCN5C[C@H](F)C6)ncc4c(N4CCC4Cc4ccncc4)n3)c12. The van der Waals surface area contributed by atoms with Crippen LogP contribution in [0, 0.1) is 18.2 Å². The quantitative estimate of drug-likeness (QED) is 0.228. The summed E-state index contributed by atoms with van der Waals surface area (Å²) < 4.78 is 35.6. The third-order valence-corrected chi connectivity index (χ3v) is 9.88. The molecule has 0 saturated carbocycles. The summed E-state index contributed by atoms with van der Waals surface area (Å²) in [6.45, 7) is 2.41. The topological polar surface area (TPSA) is 87.5 Å². The Bertz CT molecular complexity index is 2020. The molecule has 0 aliphatic carbocycles. The van der Waals surface area contributed by atoms with Crippen LogP contribution >= 0.6 is 0 Å². The monoisotopic (exact) mass is 618 g/mol. The fraction of sp³-hybridized carbons (Fsp3) is 0.333. The van der Waals surface area contributed by atoms with E-state index in [0.29, 0.717) is 52.9 Å². The van der Waals surface area contributed by atoms with Gasteiger partial charge in [-0.3, -0.25) is 9.88 Å². The van der Waals surface area contributed by atoms with E-state index < -0.39 is 12.0 Å². The molecule has 3 saturated heterocycles. The number of halogens is 2. The molecule has 3 aromatic heterocycles. The van der Waals surface area contributed by atoms with E-state index in [0.717, 1.165) is 44.2 Å². The number of anilines is 1. The second-order valence-electron chi connectivity index (χ2n) is 12.6. The smallest absolute Gasteiger partial charge is 0.316 e. The van der Waals surface area contributed by atoms with Crippen LogP contribution in [0.1, 0.15) is 36.8 Å². The number of phenolic OH excluding ortho intramolecular Hbond substituents is 1. The average molecular weight is 619 g/mol. The number of pyridine rings is 2. The summed E-state index contributed by atoms with van der Waals surface area (Å²) >= 11 is 0. The highest BCUT2D eigenvalue weighted by molar-refractivity contribution is 6.03. The number of alkyl halides is 1. The van der Waals surface area contributed by atoms with Gasteiger partial charge in [-0.25, -0.2) is 18.7 Å². The van der Waals surface area contributed by atoms with E-state index in [-0.39, 0.29) is 28.9 Å². The molecule has 3 aliphatic heterocycles. The summed E-state index contributed by atoms with van der Waals surface area (Å²) in [5.74, 6) is 2.67. The molecule has 0 bridgehead atoms. The molecule has 3 atom stereocenters. The molecule has 1 N–H and O–H groups in total. The van der Waals surface area contributed by atoms with Crippen molar-refractivity contribution in [2.45, 2.75) is 49.9 Å². The Morgan fingerprint density at radius 1 is 1.11 bits per heavy atom. The first-order chi connectivity index (χ1) is 22.4. The minimum Gasteiger partial charge on any atom is -0.508 e. The highest BCUT2D eigenvalue weighted by atomic mass is 19.1. The maximum Gasteiger partial charge on any atom is 0.316 e. The lowest BCUT2D eigenvalue weighted by atomic mass is 9.94. The van der Waals surface area contributed by atoms with Gasteiger partial charge in [0.05, 0.1) is 27.7 Å². The highest BCUT2D eigenvalue weighted by Crippen LogP contribution is 2.42. The standard InChI is InChI=1S/C36H32F2N6O2/c1-2-27-30(38)5-4-23-15-26(45)16-28(33(23)27)31-17-32-29(34(41-31)44-13-8-25(44)14-22-6-10-39-11-7-22)19-40-35(42-32)46-21-36-9-3-12-43(36)20-24(37)18-36/h1,4-7,10-11,15-17,19,24-25,45H,3,8-9,12-14,18,20-21H2/t24-,25?,36+/m1/s1. The van der Waals surface area contributed by atoms with E-state index in [4.69, 9.17) is 21.1 Å². The van der Waals surface area contributed by atoms with Crippen molar-refractivity contribution in [1.29, 1.82) is 0 Å². The molecule has 0 amide bonds. The van der Waals surface area contributed by atoms with Crippen molar-refractivity contribution in [3.63, 3.8) is 0 Å². The van der Waals surface area contributed by atoms with Gasteiger partial charge in [-0.1, -0.05) is 12.0 Å². The fourth-order valence-corrected chi connectivity index (χ4v) is 7.56. The van der Waals surface area contributed by atoms with Crippen molar-refractivity contribution in [1.82, 2.24) is 24.8 Å². The first kappa shape index (κ1) is 28.6. The average Bonchev–Trinajstić information content (AvgIpc) is 3.57. The lowest BCUT2D eigenvalue weighted by molar-refractivity contribution is 0.107. The Balaban J connectivity index is 1.24. The molecule has 3 aliphatic rings. The zero-order valence-electron chi connectivity index (χ0n) is 25.2. The number of aromatic hydroxyl groups is 1. The van der Waals surface area contributed by atoms with E-state index in [1.165, 1.54) is 11.6 Å². The van der Waals surface area contributed by atoms with Crippen LogP contribution in [0.5, 0.6) is 11.8 Å². The van der Waals surface area contributed by atoms with Crippen LogP contribution < -0.4 is 9.64 Å². The van der Waals surface area contributed by atoms with E-state index in [1.807, 2.05) is 12.1 Å². The highest BCUT2D eigenvalue weighted by Gasteiger charge is 2.49. The van der Waals surface area contributed by atoms with Crippen molar-refractivity contribution < 1.29 is 18.6 Å². The lowest BCUT2D eigenvalue weighted by Crippen LogP contribution is -2.49. The van der Waals surface area contributed by atoms with Gasteiger partial charge in [0.15, 0.2) is 0 Å². The molecule has 0 spiro atoms. The van der Waals surface area contributed by atoms with Gasteiger partial charge in [0.2, 0.25) is 0 Å². The molecule has 3 fully saturated rings. The summed E-state index contributed by atoms with van der Waals surface area (Å²) in [7, 11) is 0. The first-order valence-corrected chi connectivity index (χ1v) is 15.7. The largest absolute Gasteiger partial charge is 0.508 e. The Kier molecular flexibility index (Phi) is 6.94. The van der Waals surface area contributed by atoms with Crippen molar-refractivity contribution in [3.8, 4) is 35.4 Å². The van der Waals surface area contributed by atoms with Crippen LogP contribution in [0.2, 0.25) is 0 Å². The Morgan fingerprint density at radius 3 is 2.78 bits per heavy atom. The molecular formula is C36H32F2N6O2. The number of hydrogen-bond donors (Lipinski definition) is 1. The number of hydrogen-bond acceptors (Lipinski definition) is 8. The molecule has 10 heteroatoms. The van der Waals surface area contributed by atoms with Crippen molar-refractivity contribution in [3.05, 3.63) is 78.0 Å². The summed E-state index contributed by atoms with van der Waals surface area (Å²) in [5, 5.41) is 12.5. The second-order valence-corrected chi connectivity index (χ2v) is 12.6. The number of fused-ring (bicyclic) bond motifs is 3. The number of benzene rings is 2. The summed E-state index contributed by atoms with van der Waals surface area (Å²) in [4.78, 5) is 23.1. The van der Waals surface area contributed by atoms with Gasteiger partial charge in [-0.05, 0) is 79.6 Å². The third-order valence-electron chi connectivity index (χ3n) is 9.88. The molecule has 2 aromatic carbocycles. The predicted octanol–water partition coefficient (Wildman–Crippen LogP) is 5.84. The molecule has 232 valence electrons. The molecular weight excluding hydrogens is 586 g/mol. The van der Waals surface area contributed by atoms with E-state index in [1.54, 1.807) is 42.9 Å². The number of phenols is 1. The lowest BCUT2D eigenvalue weighted by Gasteiger charge is -2.42. The number of nitrogens with zero attached hydrogens (tertiary/aromatic N) is 6. The van der Waals surface area contributed by atoms with E-state index >= 15 is 0 Å². The number of aromatic nitrogens is 4. The van der Waals surface area contributed by atoms with Crippen molar-refractivity contribution in [2.75, 3.05) is 31.1 Å². The maximum absolute atomic E-state index is 15.0. The summed E-state index contributed by atoms with van der Waals surface area (Å²) in [6, 6.07) is 12.2. The Labute approximate surface area is 265 Å². The zero-order valence-corrected chi connectivity index (χ0v) is 25.2. The van der Waals surface area contributed by atoms with Gasteiger partial charge in [0.1, 0.15) is 30.2 Å². The molecule has 0 radical (unpaired) electrons. The molecule has 5 aromatic rings. The zero-order chi connectivity index (χ0) is 31.4. The second kappa shape index (κ2) is 11.2. The molecule has 1 unspecified atom stereocenters. The minimum atomic E-state index is -0.857. The van der Waals surface area contributed by atoms with Crippen LogP contribution in [0.15, 0.2) is 61.1 Å². The Morgan fingerprint density at radius 2 is 1.98 bits per heavy atom. The Hall–Kier alpha value is -4.88. The van der Waals surface area contributed by atoms with Gasteiger partial charge < -0.3 is 14.7 Å². The van der Waals surface area contributed by atoms with Crippen LogP contribution in [0.3, 0.4) is 0 Å². The van der Waals surface area contributed by atoms with E-state index in [9.17, 15) is 13.9 Å². The molecule has 46 heavy (non-hydrogen) atoms. The maximum atomic E-state index is 15.0. The van der Waals surface area contributed by atoms with Crippen molar-refractivity contribution >= 4 is 27.5 Å². The number of ether oxygens (including phenoxy) is 1. The van der Waals surface area contributed by atoms with Crippen LogP contribution in [0.25, 0.3) is 32.9 Å². The predicted molar refractivity (Wildman–Crippen MR) is 172 cm³/mol. The van der Waals surface area contributed by atoms with Gasteiger partial charge in [0, 0.05) is 55.1 Å². The van der Waals surface area contributed by atoms with Gasteiger partial charge >= 0.3 is 6.01 Å². The van der Waals surface area contributed by atoms with E-state index in [2.05, 4.69) is 25.7 Å². The molecule has 6 heterocycles. The van der Waals surface area contributed by atoms with Crippen molar-refractivity contribution in [2.24, 2.45) is 0 Å².